The number of likely N-dealkylation sites (tertiary alicyclic amines) is 1. The van der Waals surface area contributed by atoms with Gasteiger partial charge in [-0.05, 0) is 57.7 Å². The van der Waals surface area contributed by atoms with Crippen LogP contribution in [0.4, 0.5) is 9.18 Å². The standard InChI is InChI=1S/C22H33FN2O4/c1-15(20(26)24-12-11-16-8-6-9-17(23)14-16)19(28-5)18-10-7-13-25(18)21(27)29-22(2,3)4/h6,8-9,14-15,18-19H,7,10-13H2,1-5H3,(H,24,26). The van der Waals surface area contributed by atoms with Gasteiger partial charge in [-0.25, -0.2) is 9.18 Å². The smallest absolute Gasteiger partial charge is 0.410 e. The predicted molar refractivity (Wildman–Crippen MR) is 109 cm³/mol. The maximum atomic E-state index is 13.3. The summed E-state index contributed by atoms with van der Waals surface area (Å²) in [6.07, 6.45) is 1.34. The molecule has 3 unspecified atom stereocenters. The lowest BCUT2D eigenvalue weighted by atomic mass is 9.95. The van der Waals surface area contributed by atoms with Crippen LogP contribution in [0.2, 0.25) is 0 Å². The Bertz CT molecular complexity index is 704. The minimum absolute atomic E-state index is 0.149. The van der Waals surface area contributed by atoms with Crippen molar-refractivity contribution in [2.45, 2.75) is 64.7 Å². The molecule has 1 saturated heterocycles. The predicted octanol–water partition coefficient (Wildman–Crippen LogP) is 3.54. The third-order valence-corrected chi connectivity index (χ3v) is 5.09. The number of amides is 2. The summed E-state index contributed by atoms with van der Waals surface area (Å²) in [5.74, 6) is -0.880. The van der Waals surface area contributed by atoms with Gasteiger partial charge in [0.1, 0.15) is 11.4 Å². The van der Waals surface area contributed by atoms with Gasteiger partial charge in [0.05, 0.1) is 18.1 Å². The van der Waals surface area contributed by atoms with E-state index < -0.39 is 17.6 Å². The Hall–Kier alpha value is -2.15. The number of ether oxygens (including phenoxy) is 2. The quantitative estimate of drug-likeness (QED) is 0.749. The largest absolute Gasteiger partial charge is 0.444 e. The molecule has 0 radical (unpaired) electrons. The van der Waals surface area contributed by atoms with Crippen molar-refractivity contribution < 1.29 is 23.5 Å². The fraction of sp³-hybridized carbons (Fsp3) is 0.636. The third-order valence-electron chi connectivity index (χ3n) is 5.09. The van der Waals surface area contributed by atoms with E-state index in [0.29, 0.717) is 19.5 Å². The molecular weight excluding hydrogens is 375 g/mol. The molecule has 1 aromatic rings. The van der Waals surface area contributed by atoms with Crippen molar-refractivity contribution in [1.82, 2.24) is 10.2 Å². The van der Waals surface area contributed by atoms with Crippen molar-refractivity contribution >= 4 is 12.0 Å². The Kier molecular flexibility index (Phi) is 8.02. The molecule has 0 aliphatic carbocycles. The summed E-state index contributed by atoms with van der Waals surface area (Å²) < 4.78 is 24.4. The van der Waals surface area contributed by atoms with Crippen molar-refractivity contribution in [3.8, 4) is 0 Å². The highest BCUT2D eigenvalue weighted by Gasteiger charge is 2.41. The number of halogens is 1. The molecule has 2 rings (SSSR count). The summed E-state index contributed by atoms with van der Waals surface area (Å²) in [6.45, 7) is 8.30. The Balaban J connectivity index is 1.94. The molecule has 1 fully saturated rings. The second-order valence-electron chi connectivity index (χ2n) is 8.54. The van der Waals surface area contributed by atoms with Gasteiger partial charge in [0.15, 0.2) is 0 Å². The zero-order chi connectivity index (χ0) is 21.6. The number of nitrogens with zero attached hydrogens (tertiary/aromatic N) is 1. The van der Waals surface area contributed by atoms with Crippen LogP contribution in [-0.2, 0) is 20.7 Å². The van der Waals surface area contributed by atoms with Crippen LogP contribution in [0.15, 0.2) is 24.3 Å². The molecule has 6 nitrogen and oxygen atoms in total. The summed E-state index contributed by atoms with van der Waals surface area (Å²) in [5.41, 5.74) is 0.250. The number of methoxy groups -OCH3 is 1. The second-order valence-corrected chi connectivity index (χ2v) is 8.54. The highest BCUT2D eigenvalue weighted by molar-refractivity contribution is 5.79. The number of carbonyl (C=O) groups is 2. The van der Waals surface area contributed by atoms with Crippen molar-refractivity contribution in [2.75, 3.05) is 20.2 Å². The third kappa shape index (κ3) is 6.70. The molecule has 3 atom stereocenters. The lowest BCUT2D eigenvalue weighted by Gasteiger charge is -2.34. The molecule has 1 aliphatic heterocycles. The first-order valence-corrected chi connectivity index (χ1v) is 10.2. The van der Waals surface area contributed by atoms with Crippen LogP contribution in [0.3, 0.4) is 0 Å². The van der Waals surface area contributed by atoms with Gasteiger partial charge in [-0.15, -0.1) is 0 Å². The molecule has 29 heavy (non-hydrogen) atoms. The van der Waals surface area contributed by atoms with Crippen LogP contribution in [-0.4, -0.2) is 54.8 Å². The zero-order valence-electron chi connectivity index (χ0n) is 18.0. The number of benzene rings is 1. The fourth-order valence-corrected chi connectivity index (χ4v) is 3.71. The molecule has 0 saturated carbocycles. The maximum absolute atomic E-state index is 13.3. The maximum Gasteiger partial charge on any atom is 0.410 e. The van der Waals surface area contributed by atoms with Gasteiger partial charge < -0.3 is 19.7 Å². The molecular formula is C22H33FN2O4. The first kappa shape index (κ1) is 23.1. The minimum Gasteiger partial charge on any atom is -0.444 e. The van der Waals surface area contributed by atoms with Crippen LogP contribution >= 0.6 is 0 Å². The summed E-state index contributed by atoms with van der Waals surface area (Å²) in [5, 5.41) is 2.89. The van der Waals surface area contributed by atoms with E-state index in [1.807, 2.05) is 26.8 Å². The fourth-order valence-electron chi connectivity index (χ4n) is 3.71. The molecule has 0 aromatic heterocycles. The monoisotopic (exact) mass is 408 g/mol. The van der Waals surface area contributed by atoms with Gasteiger partial charge >= 0.3 is 6.09 Å². The van der Waals surface area contributed by atoms with Crippen molar-refractivity contribution in [3.05, 3.63) is 35.6 Å². The van der Waals surface area contributed by atoms with E-state index in [9.17, 15) is 14.0 Å². The van der Waals surface area contributed by atoms with Gasteiger partial charge in [-0.3, -0.25) is 4.79 Å². The molecule has 1 heterocycles. The first-order chi connectivity index (χ1) is 13.6. The van der Waals surface area contributed by atoms with Crippen LogP contribution < -0.4 is 5.32 Å². The van der Waals surface area contributed by atoms with Gasteiger partial charge in [0.2, 0.25) is 5.91 Å². The lowest BCUT2D eigenvalue weighted by Crippen LogP contribution is -2.50. The Morgan fingerprint density at radius 3 is 2.69 bits per heavy atom. The topological polar surface area (TPSA) is 67.9 Å². The van der Waals surface area contributed by atoms with Gasteiger partial charge in [0.25, 0.3) is 0 Å². The van der Waals surface area contributed by atoms with E-state index in [-0.39, 0.29) is 23.9 Å². The first-order valence-electron chi connectivity index (χ1n) is 10.2. The number of rotatable bonds is 7. The van der Waals surface area contributed by atoms with Crippen LogP contribution in [0.1, 0.15) is 46.1 Å². The molecule has 1 aliphatic rings. The minimum atomic E-state index is -0.577. The molecule has 2 amide bonds. The SMILES string of the molecule is COC(C(C)C(=O)NCCc1cccc(F)c1)C1CCCN1C(=O)OC(C)(C)C. The lowest BCUT2D eigenvalue weighted by molar-refractivity contribution is -0.130. The van der Waals surface area contributed by atoms with Crippen molar-refractivity contribution in [1.29, 1.82) is 0 Å². The Morgan fingerprint density at radius 1 is 1.34 bits per heavy atom. The van der Waals surface area contributed by atoms with Crippen molar-refractivity contribution in [2.24, 2.45) is 5.92 Å². The van der Waals surface area contributed by atoms with Gasteiger partial charge in [-0.2, -0.15) is 0 Å². The summed E-state index contributed by atoms with van der Waals surface area (Å²) in [6, 6.07) is 6.13. The Morgan fingerprint density at radius 2 is 2.07 bits per heavy atom. The molecule has 1 aromatic carbocycles. The summed E-state index contributed by atoms with van der Waals surface area (Å²) in [7, 11) is 1.56. The average molecular weight is 409 g/mol. The van der Waals surface area contributed by atoms with E-state index in [1.165, 1.54) is 12.1 Å². The van der Waals surface area contributed by atoms with E-state index in [2.05, 4.69) is 5.32 Å². The van der Waals surface area contributed by atoms with E-state index in [0.717, 1.165) is 18.4 Å². The second kappa shape index (κ2) is 10.1. The molecule has 0 spiro atoms. The van der Waals surface area contributed by atoms with Crippen LogP contribution in [0.25, 0.3) is 0 Å². The summed E-state index contributed by atoms with van der Waals surface area (Å²) in [4.78, 5) is 26.9. The van der Waals surface area contributed by atoms with Crippen LogP contribution in [0.5, 0.6) is 0 Å². The number of hydrogen-bond acceptors (Lipinski definition) is 4. The summed E-state index contributed by atoms with van der Waals surface area (Å²) >= 11 is 0. The molecule has 7 heteroatoms. The van der Waals surface area contributed by atoms with Gasteiger partial charge in [-0.1, -0.05) is 19.1 Å². The normalized spacial score (nSPS) is 19.0. The molecule has 162 valence electrons. The van der Waals surface area contributed by atoms with E-state index in [1.54, 1.807) is 25.0 Å². The van der Waals surface area contributed by atoms with Gasteiger partial charge in [0, 0.05) is 20.2 Å². The highest BCUT2D eigenvalue weighted by atomic mass is 19.1. The van der Waals surface area contributed by atoms with E-state index in [4.69, 9.17) is 9.47 Å². The van der Waals surface area contributed by atoms with E-state index >= 15 is 0 Å². The number of hydrogen-bond donors (Lipinski definition) is 1. The average Bonchev–Trinajstić information content (AvgIpc) is 3.10. The molecule has 0 bridgehead atoms. The number of nitrogens with one attached hydrogen (secondary N) is 1. The highest BCUT2D eigenvalue weighted by Crippen LogP contribution is 2.28. The zero-order valence-corrected chi connectivity index (χ0v) is 18.0. The van der Waals surface area contributed by atoms with Crippen molar-refractivity contribution in [3.63, 3.8) is 0 Å². The van der Waals surface area contributed by atoms with Crippen LogP contribution in [0, 0.1) is 11.7 Å². The molecule has 1 N–H and O–H groups in total. The number of carbonyl (C=O) groups excluding carboxylic acids is 2. The Labute approximate surface area is 172 Å².